The number of benzene rings is 1. The van der Waals surface area contributed by atoms with Crippen LogP contribution < -0.4 is 0 Å². The van der Waals surface area contributed by atoms with E-state index in [-0.39, 0.29) is 5.82 Å². The lowest BCUT2D eigenvalue weighted by Crippen LogP contribution is -1.95. The molecule has 1 nitrogen and oxygen atoms in total. The zero-order valence-corrected chi connectivity index (χ0v) is 9.40. The third kappa shape index (κ3) is 1.70. The highest BCUT2D eigenvalue weighted by Gasteiger charge is 2.09. The number of aromatic nitrogens is 1. The SMILES string of the molecule is CCc1nc2cc(F)ccc2c(Cl)c1C. The molecule has 0 saturated carbocycles. The van der Waals surface area contributed by atoms with Crippen molar-refractivity contribution in [3.05, 3.63) is 40.3 Å². The molecule has 0 spiro atoms. The van der Waals surface area contributed by atoms with Gasteiger partial charge < -0.3 is 0 Å². The normalized spacial score (nSPS) is 10.9. The smallest absolute Gasteiger partial charge is 0.125 e. The first-order valence-corrected chi connectivity index (χ1v) is 5.25. The molecule has 1 aromatic heterocycles. The number of aryl methyl sites for hydroxylation is 1. The van der Waals surface area contributed by atoms with Crippen LogP contribution in [0.1, 0.15) is 18.2 Å². The predicted molar refractivity (Wildman–Crippen MR) is 60.8 cm³/mol. The molecule has 0 saturated heterocycles. The van der Waals surface area contributed by atoms with Gasteiger partial charge in [-0.2, -0.15) is 0 Å². The highest BCUT2D eigenvalue weighted by atomic mass is 35.5. The molecule has 1 aromatic carbocycles. The molecule has 15 heavy (non-hydrogen) atoms. The van der Waals surface area contributed by atoms with Crippen LogP contribution in [0.5, 0.6) is 0 Å². The monoisotopic (exact) mass is 223 g/mol. The van der Waals surface area contributed by atoms with Gasteiger partial charge >= 0.3 is 0 Å². The van der Waals surface area contributed by atoms with Crippen LogP contribution in [-0.2, 0) is 6.42 Å². The van der Waals surface area contributed by atoms with Gasteiger partial charge in [-0.15, -0.1) is 0 Å². The van der Waals surface area contributed by atoms with Crippen molar-refractivity contribution in [1.82, 2.24) is 4.98 Å². The molecule has 0 bridgehead atoms. The van der Waals surface area contributed by atoms with Gasteiger partial charge in [0.25, 0.3) is 0 Å². The van der Waals surface area contributed by atoms with Gasteiger partial charge in [0.15, 0.2) is 0 Å². The Labute approximate surface area is 92.9 Å². The molecule has 0 aliphatic carbocycles. The number of halogens is 2. The summed E-state index contributed by atoms with van der Waals surface area (Å²) in [5.74, 6) is -0.281. The Morgan fingerprint density at radius 2 is 2.13 bits per heavy atom. The molecular formula is C12H11ClFN. The summed E-state index contributed by atoms with van der Waals surface area (Å²) in [5.41, 5.74) is 2.54. The van der Waals surface area contributed by atoms with Gasteiger partial charge in [-0.25, -0.2) is 4.39 Å². The average Bonchev–Trinajstić information content (AvgIpc) is 2.23. The molecule has 2 aromatic rings. The lowest BCUT2D eigenvalue weighted by Gasteiger charge is -2.08. The molecule has 0 radical (unpaired) electrons. The van der Waals surface area contributed by atoms with Crippen molar-refractivity contribution in [2.75, 3.05) is 0 Å². The van der Waals surface area contributed by atoms with E-state index in [1.807, 2.05) is 13.8 Å². The number of rotatable bonds is 1. The quantitative estimate of drug-likeness (QED) is 0.715. The molecule has 2 rings (SSSR count). The molecule has 78 valence electrons. The van der Waals surface area contributed by atoms with E-state index in [4.69, 9.17) is 11.6 Å². The Morgan fingerprint density at radius 1 is 1.40 bits per heavy atom. The number of hydrogen-bond acceptors (Lipinski definition) is 1. The molecule has 0 atom stereocenters. The number of fused-ring (bicyclic) bond motifs is 1. The van der Waals surface area contributed by atoms with Crippen LogP contribution in [0.15, 0.2) is 18.2 Å². The highest BCUT2D eigenvalue weighted by molar-refractivity contribution is 6.36. The van der Waals surface area contributed by atoms with Gasteiger partial charge in [0.2, 0.25) is 0 Å². The fraction of sp³-hybridized carbons (Fsp3) is 0.250. The van der Waals surface area contributed by atoms with Crippen molar-refractivity contribution in [2.45, 2.75) is 20.3 Å². The summed E-state index contributed by atoms with van der Waals surface area (Å²) in [6.45, 7) is 3.95. The predicted octanol–water partition coefficient (Wildman–Crippen LogP) is 3.90. The van der Waals surface area contributed by atoms with Gasteiger partial charge in [-0.3, -0.25) is 4.98 Å². The molecule has 0 fully saturated rings. The summed E-state index contributed by atoms with van der Waals surface area (Å²) in [6.07, 6.45) is 0.804. The number of hydrogen-bond donors (Lipinski definition) is 0. The van der Waals surface area contributed by atoms with Crippen LogP contribution in [-0.4, -0.2) is 4.98 Å². The van der Waals surface area contributed by atoms with Gasteiger partial charge in [0.1, 0.15) is 5.82 Å². The Balaban J connectivity index is 2.84. The third-order valence-corrected chi connectivity index (χ3v) is 3.04. The van der Waals surface area contributed by atoms with Crippen molar-refractivity contribution < 1.29 is 4.39 Å². The lowest BCUT2D eigenvalue weighted by molar-refractivity contribution is 0.629. The van der Waals surface area contributed by atoms with Gasteiger partial charge in [0.05, 0.1) is 10.5 Å². The van der Waals surface area contributed by atoms with E-state index in [9.17, 15) is 4.39 Å². The minimum absolute atomic E-state index is 0.281. The second-order valence-electron chi connectivity index (χ2n) is 3.51. The molecule has 1 heterocycles. The van der Waals surface area contributed by atoms with Crippen LogP contribution in [0.25, 0.3) is 10.9 Å². The van der Waals surface area contributed by atoms with Gasteiger partial charge in [0, 0.05) is 17.1 Å². The maximum absolute atomic E-state index is 13.0. The van der Waals surface area contributed by atoms with E-state index in [0.717, 1.165) is 23.1 Å². The fourth-order valence-corrected chi connectivity index (χ4v) is 1.95. The number of nitrogens with zero attached hydrogens (tertiary/aromatic N) is 1. The topological polar surface area (TPSA) is 12.9 Å². The third-order valence-electron chi connectivity index (χ3n) is 2.55. The van der Waals surface area contributed by atoms with Gasteiger partial charge in [-0.1, -0.05) is 18.5 Å². The second-order valence-corrected chi connectivity index (χ2v) is 3.89. The van der Waals surface area contributed by atoms with Crippen LogP contribution in [0, 0.1) is 12.7 Å². The summed E-state index contributed by atoms with van der Waals surface area (Å²) < 4.78 is 13.0. The van der Waals surface area contributed by atoms with Crippen LogP contribution in [0.3, 0.4) is 0 Å². The molecule has 0 unspecified atom stereocenters. The summed E-state index contributed by atoms with van der Waals surface area (Å²) in [7, 11) is 0. The maximum Gasteiger partial charge on any atom is 0.125 e. The van der Waals surface area contributed by atoms with E-state index in [0.29, 0.717) is 10.5 Å². The van der Waals surface area contributed by atoms with E-state index in [1.54, 1.807) is 6.07 Å². The molecule has 0 amide bonds. The lowest BCUT2D eigenvalue weighted by atomic mass is 10.1. The minimum atomic E-state index is -0.281. The summed E-state index contributed by atoms with van der Waals surface area (Å²) in [4.78, 5) is 4.39. The van der Waals surface area contributed by atoms with Crippen molar-refractivity contribution >= 4 is 22.5 Å². The van der Waals surface area contributed by atoms with E-state index >= 15 is 0 Å². The fourth-order valence-electron chi connectivity index (χ4n) is 1.69. The summed E-state index contributed by atoms with van der Waals surface area (Å²) in [5, 5.41) is 1.49. The summed E-state index contributed by atoms with van der Waals surface area (Å²) >= 11 is 6.20. The standard InChI is InChI=1S/C12H11ClFN/c1-3-10-7(2)12(13)9-5-4-8(14)6-11(9)15-10/h4-6H,3H2,1-2H3. The zero-order valence-electron chi connectivity index (χ0n) is 8.64. The molecule has 0 N–H and O–H groups in total. The Morgan fingerprint density at radius 3 is 2.80 bits per heavy atom. The molecule has 0 aliphatic heterocycles. The zero-order chi connectivity index (χ0) is 11.0. The van der Waals surface area contributed by atoms with E-state index < -0.39 is 0 Å². The Bertz CT molecular complexity index is 523. The maximum atomic E-state index is 13.0. The Hall–Kier alpha value is -1.15. The van der Waals surface area contributed by atoms with Crippen molar-refractivity contribution in [3.63, 3.8) is 0 Å². The van der Waals surface area contributed by atoms with Crippen molar-refractivity contribution in [1.29, 1.82) is 0 Å². The average molecular weight is 224 g/mol. The first-order chi connectivity index (χ1) is 7.13. The minimum Gasteiger partial charge on any atom is -0.252 e. The van der Waals surface area contributed by atoms with Crippen molar-refractivity contribution in [3.8, 4) is 0 Å². The van der Waals surface area contributed by atoms with Gasteiger partial charge in [-0.05, 0) is 31.0 Å². The van der Waals surface area contributed by atoms with Crippen LogP contribution in [0.2, 0.25) is 5.02 Å². The first kappa shape index (κ1) is 10.4. The first-order valence-electron chi connectivity index (χ1n) is 4.87. The van der Waals surface area contributed by atoms with E-state index in [2.05, 4.69) is 4.98 Å². The van der Waals surface area contributed by atoms with E-state index in [1.165, 1.54) is 12.1 Å². The van der Waals surface area contributed by atoms with Crippen molar-refractivity contribution in [2.24, 2.45) is 0 Å². The summed E-state index contributed by atoms with van der Waals surface area (Å²) in [6, 6.07) is 4.49. The molecular weight excluding hydrogens is 213 g/mol. The number of pyridine rings is 1. The largest absolute Gasteiger partial charge is 0.252 e. The highest BCUT2D eigenvalue weighted by Crippen LogP contribution is 2.28. The Kier molecular flexibility index (Phi) is 2.61. The van der Waals surface area contributed by atoms with Crippen LogP contribution in [0.4, 0.5) is 4.39 Å². The molecule has 0 aliphatic rings. The molecule has 3 heteroatoms. The second kappa shape index (κ2) is 3.78. The van der Waals surface area contributed by atoms with Crippen LogP contribution >= 0.6 is 11.6 Å².